The Hall–Kier alpha value is -2.82. The minimum Gasteiger partial charge on any atom is -0.171 e. The molecular weight excluding hydrogens is 252 g/mol. The van der Waals surface area contributed by atoms with Gasteiger partial charge in [0.1, 0.15) is 0 Å². The van der Waals surface area contributed by atoms with Crippen molar-refractivity contribution in [3.05, 3.63) is 112 Å². The third-order valence-electron chi connectivity index (χ3n) is 3.75. The average Bonchev–Trinajstić information content (AvgIpc) is 2.87. The van der Waals surface area contributed by atoms with Crippen molar-refractivity contribution in [3.8, 4) is 0 Å². The first kappa shape index (κ1) is 12.0. The van der Waals surface area contributed by atoms with Crippen molar-refractivity contribution in [2.75, 3.05) is 0 Å². The topological polar surface area (TPSA) is 0 Å². The average molecular weight is 266 g/mol. The smallest absolute Gasteiger partial charge is 0.0512 e. The van der Waals surface area contributed by atoms with E-state index in [1.54, 1.807) is 0 Å². The van der Waals surface area contributed by atoms with Crippen LogP contribution in [0.15, 0.2) is 94.8 Å². The van der Waals surface area contributed by atoms with E-state index < -0.39 is 0 Å². The van der Waals surface area contributed by atoms with E-state index in [2.05, 4.69) is 91.1 Å². The van der Waals surface area contributed by atoms with Crippen molar-refractivity contribution in [1.82, 2.24) is 0 Å². The SMILES string of the molecule is C(=C1C=C2C=C[CH-]C=CC2=C1)=C1C=c2cc[cH+]ccc2=C1. The summed E-state index contributed by atoms with van der Waals surface area (Å²) in [6.45, 7) is 0. The fraction of sp³-hybridized carbons (Fsp3) is 0. The quantitative estimate of drug-likeness (QED) is 0.500. The van der Waals surface area contributed by atoms with E-state index in [1.165, 1.54) is 21.6 Å². The minimum atomic E-state index is 1.14. The molecule has 4 rings (SSSR count). The van der Waals surface area contributed by atoms with Gasteiger partial charge in [0.05, 0.1) is 10.4 Å². The van der Waals surface area contributed by atoms with Gasteiger partial charge in [-0.05, 0) is 12.2 Å². The van der Waals surface area contributed by atoms with Gasteiger partial charge < -0.3 is 0 Å². The Morgan fingerprint density at radius 1 is 0.762 bits per heavy atom. The molecule has 0 heterocycles. The molecule has 0 radical (unpaired) electrons. The second kappa shape index (κ2) is 4.94. The molecule has 0 aromatic heterocycles. The van der Waals surface area contributed by atoms with Gasteiger partial charge in [-0.15, -0.1) is 5.73 Å². The fourth-order valence-electron chi connectivity index (χ4n) is 2.74. The predicted molar refractivity (Wildman–Crippen MR) is 88.3 cm³/mol. The standard InChI is InChI=1S/C21H14/c1-3-7-18-12-16(13-19(18)8-4-1)11-17-14-20-9-5-2-6-10-21(20)15-17/h1-10,12-15H. The van der Waals surface area contributed by atoms with Gasteiger partial charge in [-0.2, -0.15) is 30.7 Å². The summed E-state index contributed by atoms with van der Waals surface area (Å²) in [5, 5.41) is 2.51. The molecule has 0 N–H and O–H groups in total. The van der Waals surface area contributed by atoms with Crippen molar-refractivity contribution in [2.24, 2.45) is 0 Å². The van der Waals surface area contributed by atoms with Gasteiger partial charge in [-0.3, -0.25) is 0 Å². The van der Waals surface area contributed by atoms with Crippen LogP contribution in [0.25, 0.3) is 12.2 Å². The van der Waals surface area contributed by atoms with E-state index in [9.17, 15) is 0 Å². The number of rotatable bonds is 0. The normalized spacial score (nSPS) is 17.5. The molecular formula is C21H14. The summed E-state index contributed by atoms with van der Waals surface area (Å²) in [7, 11) is 0. The zero-order chi connectivity index (χ0) is 14.1. The highest BCUT2D eigenvalue weighted by atomic mass is 14.1. The summed E-state index contributed by atoms with van der Waals surface area (Å²) in [5.41, 5.74) is 8.28. The molecule has 0 saturated heterocycles. The van der Waals surface area contributed by atoms with Crippen LogP contribution in [0.2, 0.25) is 0 Å². The predicted octanol–water partition coefficient (Wildman–Crippen LogP) is 3.19. The minimum absolute atomic E-state index is 1.14. The van der Waals surface area contributed by atoms with Crippen molar-refractivity contribution in [2.45, 2.75) is 0 Å². The van der Waals surface area contributed by atoms with Crippen molar-refractivity contribution in [3.63, 3.8) is 0 Å². The van der Waals surface area contributed by atoms with Crippen LogP contribution >= 0.6 is 0 Å². The van der Waals surface area contributed by atoms with Crippen LogP contribution in [0, 0.1) is 6.42 Å². The first-order valence-electron chi connectivity index (χ1n) is 7.13. The van der Waals surface area contributed by atoms with Crippen molar-refractivity contribution < 1.29 is 0 Å². The van der Waals surface area contributed by atoms with Crippen LogP contribution in [0.5, 0.6) is 0 Å². The molecule has 0 saturated carbocycles. The van der Waals surface area contributed by atoms with Gasteiger partial charge in [0, 0.05) is 41.5 Å². The first-order valence-corrected chi connectivity index (χ1v) is 7.13. The van der Waals surface area contributed by atoms with Crippen molar-refractivity contribution >= 4 is 12.2 Å². The molecule has 1 aromatic rings. The molecule has 0 bridgehead atoms. The number of fused-ring (bicyclic) bond motifs is 2. The van der Waals surface area contributed by atoms with Crippen LogP contribution < -0.4 is 10.4 Å². The largest absolute Gasteiger partial charge is 0.171 e. The van der Waals surface area contributed by atoms with E-state index in [0.29, 0.717) is 0 Å². The monoisotopic (exact) mass is 266 g/mol. The molecule has 0 amide bonds. The maximum absolute atomic E-state index is 3.50. The lowest BCUT2D eigenvalue weighted by Gasteiger charge is -1.98. The summed E-state index contributed by atoms with van der Waals surface area (Å²) in [6.07, 6.45) is 19.2. The van der Waals surface area contributed by atoms with Gasteiger partial charge in [0.2, 0.25) is 0 Å². The van der Waals surface area contributed by atoms with Gasteiger partial charge in [0.25, 0.3) is 0 Å². The molecule has 0 fully saturated rings. The van der Waals surface area contributed by atoms with Crippen LogP contribution in [0.3, 0.4) is 0 Å². The number of allylic oxidation sites excluding steroid dienone is 9. The second-order valence-electron chi connectivity index (χ2n) is 5.26. The number of hydrogen-bond acceptors (Lipinski definition) is 0. The maximum atomic E-state index is 3.50. The lowest BCUT2D eigenvalue weighted by Crippen LogP contribution is -2.17. The van der Waals surface area contributed by atoms with Crippen LogP contribution in [0.1, 0.15) is 0 Å². The molecule has 3 aliphatic carbocycles. The summed E-state index contributed by atoms with van der Waals surface area (Å²) < 4.78 is 0. The Balaban J connectivity index is 1.85. The molecule has 0 heteroatoms. The highest BCUT2D eigenvalue weighted by Crippen LogP contribution is 2.27. The molecule has 0 nitrogen and oxygen atoms in total. The Morgan fingerprint density at radius 2 is 1.33 bits per heavy atom. The lowest BCUT2D eigenvalue weighted by atomic mass is 10.1. The van der Waals surface area contributed by atoms with Crippen LogP contribution in [-0.4, -0.2) is 0 Å². The Morgan fingerprint density at radius 3 is 1.95 bits per heavy atom. The zero-order valence-corrected chi connectivity index (χ0v) is 11.6. The van der Waals surface area contributed by atoms with Crippen LogP contribution in [-0.2, 0) is 0 Å². The fourth-order valence-corrected chi connectivity index (χ4v) is 2.74. The summed E-state index contributed by atoms with van der Waals surface area (Å²) in [4.78, 5) is 0. The molecule has 0 unspecified atom stereocenters. The van der Waals surface area contributed by atoms with Gasteiger partial charge >= 0.3 is 0 Å². The Labute approximate surface area is 124 Å². The van der Waals surface area contributed by atoms with Gasteiger partial charge in [-0.1, -0.05) is 23.3 Å². The lowest BCUT2D eigenvalue weighted by molar-refractivity contribution is 1.63. The summed E-state index contributed by atoms with van der Waals surface area (Å²) >= 11 is 0. The van der Waals surface area contributed by atoms with Crippen LogP contribution in [0.4, 0.5) is 0 Å². The molecule has 98 valence electrons. The van der Waals surface area contributed by atoms with Gasteiger partial charge in [-0.25, -0.2) is 0 Å². The van der Waals surface area contributed by atoms with E-state index >= 15 is 0 Å². The van der Waals surface area contributed by atoms with E-state index in [1.807, 2.05) is 0 Å². The van der Waals surface area contributed by atoms with Crippen molar-refractivity contribution in [1.29, 1.82) is 0 Å². The molecule has 21 heavy (non-hydrogen) atoms. The zero-order valence-electron chi connectivity index (χ0n) is 11.6. The summed E-state index contributed by atoms with van der Waals surface area (Å²) in [6, 6.07) is 10.5. The Bertz CT molecular complexity index is 860. The second-order valence-corrected chi connectivity index (χ2v) is 5.26. The molecule has 0 atom stereocenters. The molecule has 0 spiro atoms. The van der Waals surface area contributed by atoms with E-state index in [-0.39, 0.29) is 0 Å². The molecule has 3 aliphatic rings. The number of hydrogen-bond donors (Lipinski definition) is 0. The highest BCUT2D eigenvalue weighted by molar-refractivity contribution is 5.72. The third kappa shape index (κ3) is 2.33. The Kier molecular flexibility index (Phi) is 2.81. The van der Waals surface area contributed by atoms with Gasteiger partial charge in [0.15, 0.2) is 0 Å². The van der Waals surface area contributed by atoms with E-state index in [4.69, 9.17) is 0 Å². The first-order chi connectivity index (χ1) is 10.4. The third-order valence-corrected chi connectivity index (χ3v) is 3.75. The maximum Gasteiger partial charge on any atom is 0.0512 e. The molecule has 0 aliphatic heterocycles. The summed E-state index contributed by atoms with van der Waals surface area (Å²) in [5.74, 6) is 0. The van der Waals surface area contributed by atoms with E-state index in [0.717, 1.165) is 11.1 Å². The molecule has 1 aromatic carbocycles. The highest BCUT2D eigenvalue weighted by Gasteiger charge is 2.06.